The molecule has 0 saturated carbocycles. The van der Waals surface area contributed by atoms with Crippen molar-refractivity contribution in [2.24, 2.45) is 0 Å². The number of anilines is 1. The monoisotopic (exact) mass is 376 g/mol. The summed E-state index contributed by atoms with van der Waals surface area (Å²) in [4.78, 5) is 14.4. The first-order valence-corrected chi connectivity index (χ1v) is 8.43. The lowest BCUT2D eigenvalue weighted by molar-refractivity contribution is 0.207. The maximum atomic E-state index is 13.5. The molecular formula is C18H18BrFN2O. The highest BCUT2D eigenvalue weighted by Crippen LogP contribution is 2.32. The van der Waals surface area contributed by atoms with E-state index in [1.165, 1.54) is 12.1 Å². The molecule has 0 bridgehead atoms. The Balaban J connectivity index is 1.76. The highest BCUT2D eigenvalue weighted by molar-refractivity contribution is 9.10. The molecule has 120 valence electrons. The maximum Gasteiger partial charge on any atom is 0.322 e. The van der Waals surface area contributed by atoms with Gasteiger partial charge in [0.1, 0.15) is 5.82 Å². The molecule has 0 aromatic heterocycles. The second-order valence-corrected chi connectivity index (χ2v) is 6.65. The van der Waals surface area contributed by atoms with E-state index in [2.05, 4.69) is 21.2 Å². The van der Waals surface area contributed by atoms with Crippen LogP contribution in [0.1, 0.15) is 30.0 Å². The van der Waals surface area contributed by atoms with Crippen LogP contribution in [0.4, 0.5) is 14.9 Å². The van der Waals surface area contributed by atoms with E-state index in [0.717, 1.165) is 34.1 Å². The van der Waals surface area contributed by atoms with Gasteiger partial charge in [-0.1, -0.05) is 28.1 Å². The van der Waals surface area contributed by atoms with Gasteiger partial charge in [0.2, 0.25) is 0 Å². The number of nitrogens with zero attached hydrogens (tertiary/aromatic N) is 1. The van der Waals surface area contributed by atoms with Crippen molar-refractivity contribution in [2.75, 3.05) is 11.9 Å². The van der Waals surface area contributed by atoms with E-state index in [9.17, 15) is 9.18 Å². The third-order valence-corrected chi connectivity index (χ3v) is 5.05. The number of rotatable bonds is 2. The van der Waals surface area contributed by atoms with Crippen molar-refractivity contribution in [3.05, 3.63) is 63.9 Å². The summed E-state index contributed by atoms with van der Waals surface area (Å²) in [7, 11) is 0. The molecule has 1 aliphatic heterocycles. The lowest BCUT2D eigenvalue weighted by atomic mass is 10.0. The van der Waals surface area contributed by atoms with Crippen LogP contribution in [0.2, 0.25) is 0 Å². The first kappa shape index (κ1) is 16.0. The molecule has 3 rings (SSSR count). The summed E-state index contributed by atoms with van der Waals surface area (Å²) in [5.74, 6) is -0.265. The van der Waals surface area contributed by atoms with Crippen LogP contribution in [0, 0.1) is 12.7 Å². The number of aryl methyl sites for hydroxylation is 1. The van der Waals surface area contributed by atoms with Crippen molar-refractivity contribution in [1.82, 2.24) is 4.90 Å². The van der Waals surface area contributed by atoms with Gasteiger partial charge in [0.25, 0.3) is 0 Å². The van der Waals surface area contributed by atoms with E-state index in [1.54, 1.807) is 11.0 Å². The van der Waals surface area contributed by atoms with Crippen LogP contribution < -0.4 is 5.32 Å². The number of halogens is 2. The van der Waals surface area contributed by atoms with Crippen LogP contribution in [0.15, 0.2) is 46.9 Å². The average molecular weight is 377 g/mol. The van der Waals surface area contributed by atoms with Crippen LogP contribution in [0.25, 0.3) is 0 Å². The van der Waals surface area contributed by atoms with Gasteiger partial charge in [-0.2, -0.15) is 0 Å². The Hall–Kier alpha value is -1.88. The third kappa shape index (κ3) is 3.55. The van der Waals surface area contributed by atoms with Crippen LogP contribution >= 0.6 is 15.9 Å². The molecule has 3 nitrogen and oxygen atoms in total. The van der Waals surface area contributed by atoms with E-state index in [-0.39, 0.29) is 17.9 Å². The molecule has 0 aliphatic carbocycles. The molecule has 2 amide bonds. The summed E-state index contributed by atoms with van der Waals surface area (Å²) >= 11 is 3.45. The van der Waals surface area contributed by atoms with Crippen LogP contribution in [0.3, 0.4) is 0 Å². The molecule has 5 heteroatoms. The zero-order valence-electron chi connectivity index (χ0n) is 12.9. The molecule has 0 spiro atoms. The summed E-state index contributed by atoms with van der Waals surface area (Å²) in [6, 6.07) is 12.0. The summed E-state index contributed by atoms with van der Waals surface area (Å²) in [6.45, 7) is 2.66. The fraction of sp³-hybridized carbons (Fsp3) is 0.278. The van der Waals surface area contributed by atoms with E-state index >= 15 is 0 Å². The standard InChI is InChI=1S/C18H18BrFN2O/c1-12-10-15(7-8-16(12)19)21-18(23)22-9-3-6-17(22)13-4-2-5-14(20)11-13/h2,4-5,7-8,10-11,17H,3,6,9H2,1H3,(H,21,23). The summed E-state index contributed by atoms with van der Waals surface area (Å²) in [6.07, 6.45) is 1.78. The van der Waals surface area contributed by atoms with Gasteiger partial charge in [-0.25, -0.2) is 9.18 Å². The Labute approximate surface area is 143 Å². The lowest BCUT2D eigenvalue weighted by Crippen LogP contribution is -2.34. The average Bonchev–Trinajstić information content (AvgIpc) is 3.00. The molecule has 1 heterocycles. The summed E-state index contributed by atoms with van der Waals surface area (Å²) in [5.41, 5.74) is 2.68. The Morgan fingerprint density at radius 2 is 2.13 bits per heavy atom. The minimum atomic E-state index is -0.265. The predicted octanol–water partition coefficient (Wildman–Crippen LogP) is 5.27. The van der Waals surface area contributed by atoms with Gasteiger partial charge in [-0.15, -0.1) is 0 Å². The maximum absolute atomic E-state index is 13.5. The van der Waals surface area contributed by atoms with Crippen LogP contribution in [-0.2, 0) is 0 Å². The van der Waals surface area contributed by atoms with Crippen LogP contribution in [0.5, 0.6) is 0 Å². The Morgan fingerprint density at radius 3 is 2.87 bits per heavy atom. The molecule has 1 aliphatic rings. The number of likely N-dealkylation sites (tertiary alicyclic amines) is 1. The van der Waals surface area contributed by atoms with E-state index in [1.807, 2.05) is 31.2 Å². The van der Waals surface area contributed by atoms with Gasteiger partial charge in [0.05, 0.1) is 6.04 Å². The van der Waals surface area contributed by atoms with Gasteiger partial charge >= 0.3 is 6.03 Å². The SMILES string of the molecule is Cc1cc(NC(=O)N2CCCC2c2cccc(F)c2)ccc1Br. The third-order valence-electron chi connectivity index (χ3n) is 4.16. The number of hydrogen-bond acceptors (Lipinski definition) is 1. The number of carbonyl (C=O) groups is 1. The van der Waals surface area contributed by atoms with Gasteiger partial charge in [0.15, 0.2) is 0 Å². The van der Waals surface area contributed by atoms with Crippen molar-refractivity contribution in [3.63, 3.8) is 0 Å². The number of urea groups is 1. The van der Waals surface area contributed by atoms with Crippen molar-refractivity contribution < 1.29 is 9.18 Å². The van der Waals surface area contributed by atoms with Crippen LogP contribution in [-0.4, -0.2) is 17.5 Å². The highest BCUT2D eigenvalue weighted by Gasteiger charge is 2.30. The molecule has 23 heavy (non-hydrogen) atoms. The molecule has 1 unspecified atom stereocenters. The largest absolute Gasteiger partial charge is 0.322 e. The Morgan fingerprint density at radius 1 is 1.30 bits per heavy atom. The number of amides is 2. The van der Waals surface area contributed by atoms with Crippen molar-refractivity contribution >= 4 is 27.6 Å². The lowest BCUT2D eigenvalue weighted by Gasteiger charge is -2.25. The number of carbonyl (C=O) groups excluding carboxylic acids is 1. The van der Waals surface area contributed by atoms with Crippen molar-refractivity contribution in [2.45, 2.75) is 25.8 Å². The summed E-state index contributed by atoms with van der Waals surface area (Å²) < 4.78 is 14.5. The van der Waals surface area contributed by atoms with Gasteiger partial charge in [-0.05, 0) is 61.2 Å². The van der Waals surface area contributed by atoms with Crippen molar-refractivity contribution in [1.29, 1.82) is 0 Å². The smallest absolute Gasteiger partial charge is 0.317 e. The minimum absolute atomic E-state index is 0.0674. The first-order chi connectivity index (χ1) is 11.0. The molecule has 2 aromatic carbocycles. The topological polar surface area (TPSA) is 32.3 Å². The Kier molecular flexibility index (Phi) is 4.66. The van der Waals surface area contributed by atoms with Gasteiger partial charge < -0.3 is 10.2 Å². The van der Waals surface area contributed by atoms with Gasteiger partial charge in [0, 0.05) is 16.7 Å². The molecule has 1 N–H and O–H groups in total. The summed E-state index contributed by atoms with van der Waals surface area (Å²) in [5, 5.41) is 2.94. The second-order valence-electron chi connectivity index (χ2n) is 5.80. The zero-order valence-corrected chi connectivity index (χ0v) is 14.4. The number of hydrogen-bond donors (Lipinski definition) is 1. The predicted molar refractivity (Wildman–Crippen MR) is 93.0 cm³/mol. The minimum Gasteiger partial charge on any atom is -0.317 e. The molecule has 2 aromatic rings. The van der Waals surface area contributed by atoms with E-state index < -0.39 is 0 Å². The molecular weight excluding hydrogens is 359 g/mol. The van der Waals surface area contributed by atoms with Crippen molar-refractivity contribution in [3.8, 4) is 0 Å². The van der Waals surface area contributed by atoms with Gasteiger partial charge in [-0.3, -0.25) is 0 Å². The second kappa shape index (κ2) is 6.71. The molecule has 1 fully saturated rings. The number of nitrogens with one attached hydrogen (secondary N) is 1. The fourth-order valence-corrected chi connectivity index (χ4v) is 3.23. The fourth-order valence-electron chi connectivity index (χ4n) is 2.99. The number of benzene rings is 2. The zero-order chi connectivity index (χ0) is 16.4. The molecule has 0 radical (unpaired) electrons. The van der Waals surface area contributed by atoms with E-state index in [0.29, 0.717) is 6.54 Å². The molecule has 1 saturated heterocycles. The quantitative estimate of drug-likeness (QED) is 0.760. The van der Waals surface area contributed by atoms with E-state index in [4.69, 9.17) is 0 Å². The Bertz CT molecular complexity index is 735. The first-order valence-electron chi connectivity index (χ1n) is 7.64. The normalized spacial score (nSPS) is 17.3. The molecule has 1 atom stereocenters. The highest BCUT2D eigenvalue weighted by atomic mass is 79.9.